The molecule has 1 amide bonds. The van der Waals surface area contributed by atoms with Gasteiger partial charge in [0.1, 0.15) is 11.2 Å². The quantitative estimate of drug-likeness (QED) is 0.815. The molecule has 1 aliphatic rings. The maximum absolute atomic E-state index is 11.8. The molecule has 7 heteroatoms. The topological polar surface area (TPSA) is 57.3 Å². The Morgan fingerprint density at radius 1 is 1.58 bits per heavy atom. The van der Waals surface area contributed by atoms with E-state index >= 15 is 0 Å². The molecule has 1 aromatic rings. The summed E-state index contributed by atoms with van der Waals surface area (Å²) in [5, 5.41) is 6.86. The van der Waals surface area contributed by atoms with Gasteiger partial charge in [0.25, 0.3) is 0 Å². The van der Waals surface area contributed by atoms with Gasteiger partial charge in [0.2, 0.25) is 5.91 Å². The Labute approximate surface area is 122 Å². The van der Waals surface area contributed by atoms with Crippen molar-refractivity contribution in [2.45, 2.75) is 12.6 Å². The fourth-order valence-electron chi connectivity index (χ4n) is 2.12. The summed E-state index contributed by atoms with van der Waals surface area (Å²) in [6.45, 7) is 2.74. The highest BCUT2D eigenvalue weighted by atomic mass is 35.5. The molecule has 0 radical (unpaired) electrons. The van der Waals surface area contributed by atoms with Gasteiger partial charge >= 0.3 is 0 Å². The van der Waals surface area contributed by atoms with Gasteiger partial charge in [-0.25, -0.2) is 4.98 Å². The second-order valence-corrected chi connectivity index (χ2v) is 5.16. The van der Waals surface area contributed by atoms with Gasteiger partial charge in [0, 0.05) is 33.2 Å². The van der Waals surface area contributed by atoms with Gasteiger partial charge in [-0.3, -0.25) is 9.69 Å². The molecule has 5 nitrogen and oxygen atoms in total. The molecular weight excluding hydrogens is 287 g/mol. The van der Waals surface area contributed by atoms with E-state index in [9.17, 15) is 4.79 Å². The van der Waals surface area contributed by atoms with E-state index in [-0.39, 0.29) is 11.9 Å². The molecule has 2 heterocycles. The van der Waals surface area contributed by atoms with Gasteiger partial charge < -0.3 is 10.6 Å². The van der Waals surface area contributed by atoms with E-state index in [0.717, 1.165) is 13.1 Å². The minimum absolute atomic E-state index is 0.00893. The summed E-state index contributed by atoms with van der Waals surface area (Å²) < 4.78 is 0. The Morgan fingerprint density at radius 2 is 2.37 bits per heavy atom. The van der Waals surface area contributed by atoms with Crippen LogP contribution in [0.3, 0.4) is 0 Å². The van der Waals surface area contributed by atoms with Crippen molar-refractivity contribution < 1.29 is 4.79 Å². The lowest BCUT2D eigenvalue weighted by Gasteiger charge is -2.34. The van der Waals surface area contributed by atoms with Crippen LogP contribution in [-0.4, -0.2) is 48.5 Å². The molecule has 1 aromatic heterocycles. The van der Waals surface area contributed by atoms with Crippen LogP contribution in [0.5, 0.6) is 0 Å². The zero-order valence-electron chi connectivity index (χ0n) is 10.6. The first-order valence-corrected chi connectivity index (χ1v) is 6.84. The number of likely N-dealkylation sites (N-methyl/N-ethyl adjacent to an activating group) is 1. The number of pyridine rings is 1. The summed E-state index contributed by atoms with van der Waals surface area (Å²) in [5.74, 6) is -0.00893. The maximum atomic E-state index is 11.8. The number of rotatable bonds is 3. The van der Waals surface area contributed by atoms with Crippen LogP contribution in [0.15, 0.2) is 12.1 Å². The van der Waals surface area contributed by atoms with Crippen LogP contribution < -0.4 is 10.6 Å². The minimum atomic E-state index is -0.212. The van der Waals surface area contributed by atoms with Gasteiger partial charge in [0.05, 0.1) is 10.7 Å². The molecule has 19 heavy (non-hydrogen) atoms. The summed E-state index contributed by atoms with van der Waals surface area (Å²) in [5.41, 5.74) is 0.699. The van der Waals surface area contributed by atoms with Crippen molar-refractivity contribution in [1.82, 2.24) is 20.5 Å². The van der Waals surface area contributed by atoms with Crippen molar-refractivity contribution in [3.63, 3.8) is 0 Å². The molecule has 2 rings (SSSR count). The average molecular weight is 303 g/mol. The Balaban J connectivity index is 2.15. The molecule has 104 valence electrons. The smallest absolute Gasteiger partial charge is 0.238 e. The van der Waals surface area contributed by atoms with E-state index in [1.807, 2.05) is 0 Å². The number of amides is 1. The molecule has 0 spiro atoms. The zero-order chi connectivity index (χ0) is 13.8. The number of nitrogens with zero attached hydrogens (tertiary/aromatic N) is 2. The highest BCUT2D eigenvalue weighted by Gasteiger charge is 2.28. The van der Waals surface area contributed by atoms with Crippen LogP contribution in [-0.2, 0) is 11.3 Å². The van der Waals surface area contributed by atoms with Crippen LogP contribution >= 0.6 is 23.2 Å². The largest absolute Gasteiger partial charge is 0.358 e. The van der Waals surface area contributed by atoms with Gasteiger partial charge in [0.15, 0.2) is 0 Å². The Kier molecular flexibility index (Phi) is 4.99. The van der Waals surface area contributed by atoms with Crippen molar-refractivity contribution in [3.8, 4) is 0 Å². The summed E-state index contributed by atoms with van der Waals surface area (Å²) in [4.78, 5) is 18.1. The molecule has 1 atom stereocenters. The monoisotopic (exact) mass is 302 g/mol. The van der Waals surface area contributed by atoms with Crippen LogP contribution in [0.2, 0.25) is 10.2 Å². The number of carbonyl (C=O) groups excluding carboxylic acids is 1. The van der Waals surface area contributed by atoms with Crippen LogP contribution in [0.4, 0.5) is 0 Å². The molecular formula is C12H16Cl2N4O. The van der Waals surface area contributed by atoms with Crippen molar-refractivity contribution in [3.05, 3.63) is 28.0 Å². The average Bonchev–Trinajstić information content (AvgIpc) is 2.42. The highest BCUT2D eigenvalue weighted by Crippen LogP contribution is 2.19. The lowest BCUT2D eigenvalue weighted by molar-refractivity contribution is -0.126. The normalized spacial score (nSPS) is 20.3. The van der Waals surface area contributed by atoms with Crippen LogP contribution in [0, 0.1) is 0 Å². The number of nitrogens with one attached hydrogen (secondary N) is 2. The third-order valence-corrected chi connectivity index (χ3v) is 3.70. The first-order valence-electron chi connectivity index (χ1n) is 6.09. The third-order valence-electron chi connectivity index (χ3n) is 3.14. The lowest BCUT2D eigenvalue weighted by Crippen LogP contribution is -2.57. The maximum Gasteiger partial charge on any atom is 0.238 e. The van der Waals surface area contributed by atoms with E-state index in [0.29, 0.717) is 29.0 Å². The number of piperazine rings is 1. The lowest BCUT2D eigenvalue weighted by atomic mass is 10.1. The predicted octanol–water partition coefficient (Wildman–Crippen LogP) is 0.908. The van der Waals surface area contributed by atoms with Crippen molar-refractivity contribution in [2.75, 3.05) is 26.7 Å². The first-order chi connectivity index (χ1) is 9.11. The summed E-state index contributed by atoms with van der Waals surface area (Å²) >= 11 is 12.0. The molecule has 0 aromatic carbocycles. The zero-order valence-corrected chi connectivity index (χ0v) is 12.1. The van der Waals surface area contributed by atoms with Gasteiger partial charge in [-0.05, 0) is 12.1 Å². The van der Waals surface area contributed by atoms with Gasteiger partial charge in [-0.1, -0.05) is 23.2 Å². The van der Waals surface area contributed by atoms with Crippen molar-refractivity contribution in [1.29, 1.82) is 0 Å². The number of aromatic nitrogens is 1. The van der Waals surface area contributed by atoms with E-state index in [1.54, 1.807) is 19.2 Å². The number of halogens is 2. The number of hydrogen-bond acceptors (Lipinski definition) is 4. The molecule has 1 unspecified atom stereocenters. The summed E-state index contributed by atoms with van der Waals surface area (Å²) in [6.07, 6.45) is 0. The molecule has 1 aliphatic heterocycles. The SMILES string of the molecule is CNC(=O)C1CNCCN1Cc1nc(Cl)ccc1Cl. The summed E-state index contributed by atoms with van der Waals surface area (Å²) in [7, 11) is 1.64. The van der Waals surface area contributed by atoms with E-state index in [1.165, 1.54) is 0 Å². The van der Waals surface area contributed by atoms with Crippen LogP contribution in [0.1, 0.15) is 5.69 Å². The van der Waals surface area contributed by atoms with E-state index in [2.05, 4.69) is 20.5 Å². The Morgan fingerprint density at radius 3 is 3.11 bits per heavy atom. The van der Waals surface area contributed by atoms with Crippen LogP contribution in [0.25, 0.3) is 0 Å². The highest BCUT2D eigenvalue weighted by molar-refractivity contribution is 6.32. The molecule has 1 saturated heterocycles. The second-order valence-electron chi connectivity index (χ2n) is 4.37. The molecule has 0 aliphatic carbocycles. The van der Waals surface area contributed by atoms with Crippen molar-refractivity contribution >= 4 is 29.1 Å². The summed E-state index contributed by atoms with van der Waals surface area (Å²) in [6, 6.07) is 3.17. The van der Waals surface area contributed by atoms with Crippen molar-refractivity contribution in [2.24, 2.45) is 0 Å². The molecule has 0 saturated carbocycles. The fraction of sp³-hybridized carbons (Fsp3) is 0.500. The minimum Gasteiger partial charge on any atom is -0.358 e. The predicted molar refractivity (Wildman–Crippen MR) is 75.4 cm³/mol. The van der Waals surface area contributed by atoms with Gasteiger partial charge in [-0.15, -0.1) is 0 Å². The Hall–Kier alpha value is -0.880. The van der Waals surface area contributed by atoms with E-state index < -0.39 is 0 Å². The Bertz CT molecular complexity index is 469. The second kappa shape index (κ2) is 6.52. The molecule has 2 N–H and O–H groups in total. The molecule has 1 fully saturated rings. The first kappa shape index (κ1) is 14.5. The number of hydrogen-bond donors (Lipinski definition) is 2. The third kappa shape index (κ3) is 3.57. The standard InChI is InChI=1S/C12H16Cl2N4O/c1-15-12(19)10-6-16-4-5-18(10)7-9-8(13)2-3-11(14)17-9/h2-3,10,16H,4-7H2,1H3,(H,15,19). The molecule has 0 bridgehead atoms. The van der Waals surface area contributed by atoms with Gasteiger partial charge in [-0.2, -0.15) is 0 Å². The van der Waals surface area contributed by atoms with E-state index in [4.69, 9.17) is 23.2 Å². The number of carbonyl (C=O) groups is 1. The fourth-order valence-corrected chi connectivity index (χ4v) is 2.45.